The average molecular weight is 363 g/mol. The van der Waals surface area contributed by atoms with Gasteiger partial charge in [0.05, 0.1) is 13.2 Å². The number of nitrogens with zero attached hydrogens (tertiary/aromatic N) is 1. The van der Waals surface area contributed by atoms with Crippen molar-refractivity contribution in [1.82, 2.24) is 4.98 Å². The molecule has 1 saturated heterocycles. The van der Waals surface area contributed by atoms with Crippen LogP contribution in [0.2, 0.25) is 0 Å². The Bertz CT molecular complexity index is 465. The van der Waals surface area contributed by atoms with Crippen LogP contribution in [0.5, 0.6) is 0 Å². The van der Waals surface area contributed by atoms with Crippen molar-refractivity contribution in [2.45, 2.75) is 19.6 Å². The Morgan fingerprint density at radius 1 is 0.958 bits per heavy atom. The zero-order chi connectivity index (χ0) is 15.9. The van der Waals surface area contributed by atoms with Gasteiger partial charge in [0.15, 0.2) is 6.29 Å². The quantitative estimate of drug-likeness (QED) is 0.756. The maximum absolute atomic E-state index is 5.68. The Hall–Kier alpha value is -0.411. The second-order valence-electron chi connectivity index (χ2n) is 5.42. The van der Waals surface area contributed by atoms with Crippen molar-refractivity contribution < 1.29 is 26.5 Å². The molecule has 2 saturated carbocycles. The summed E-state index contributed by atoms with van der Waals surface area (Å²) in [5.74, 6) is 2.26. The Morgan fingerprint density at radius 3 is 2.25 bits per heavy atom. The predicted molar refractivity (Wildman–Crippen MR) is 89.3 cm³/mol. The molecule has 3 nitrogen and oxygen atoms in total. The Balaban J connectivity index is 0.000000300. The van der Waals surface area contributed by atoms with E-state index in [1.165, 1.54) is 0 Å². The molecule has 3 fully saturated rings. The number of rotatable bonds is 2. The van der Waals surface area contributed by atoms with Crippen LogP contribution in [0.4, 0.5) is 0 Å². The van der Waals surface area contributed by atoms with Crippen LogP contribution >= 0.6 is 0 Å². The molecule has 1 aliphatic heterocycles. The second kappa shape index (κ2) is 10.6. The molecule has 0 spiro atoms. The minimum Gasteiger partial charge on any atom is -0.352 e. The molecule has 0 N–H and O–H groups in total. The number of aromatic nitrogens is 1. The first-order valence-electron chi connectivity index (χ1n) is 7.94. The largest absolute Gasteiger partial charge is 2.00 e. The van der Waals surface area contributed by atoms with Crippen LogP contribution in [0.25, 0.3) is 0 Å². The minimum absolute atomic E-state index is 0. The molecule has 4 heteroatoms. The molecule has 1 aromatic rings. The molecule has 0 atom stereocenters. The maximum Gasteiger partial charge on any atom is 2.00 e. The van der Waals surface area contributed by atoms with Gasteiger partial charge in [-0.3, -0.25) is 4.98 Å². The third-order valence-electron chi connectivity index (χ3n) is 3.78. The van der Waals surface area contributed by atoms with Crippen LogP contribution in [-0.4, -0.2) is 24.5 Å². The molecule has 2 heterocycles. The summed E-state index contributed by atoms with van der Waals surface area (Å²) in [5, 5.41) is 0. The number of ether oxygens (including phenoxy) is 2. The molecule has 4 rings (SSSR count). The number of hydrogen-bond donors (Lipinski definition) is 0. The third kappa shape index (κ3) is 5.29. The molecule has 0 amide bonds. The zero-order valence-corrected chi connectivity index (χ0v) is 14.8. The molecular formula is C20H21FeNO2+2. The van der Waals surface area contributed by atoms with E-state index in [2.05, 4.69) is 23.9 Å². The van der Waals surface area contributed by atoms with E-state index >= 15 is 0 Å². The van der Waals surface area contributed by atoms with Gasteiger partial charge in [0.25, 0.3) is 0 Å². The fraction of sp³-hybridized carbons (Fsp3) is 0.250. The van der Waals surface area contributed by atoms with Crippen LogP contribution in [-0.2, 0) is 26.5 Å². The first-order valence-corrected chi connectivity index (χ1v) is 7.94. The van der Waals surface area contributed by atoms with Gasteiger partial charge >= 0.3 is 17.1 Å². The molecular weight excluding hydrogens is 342 g/mol. The van der Waals surface area contributed by atoms with Gasteiger partial charge in [-0.25, -0.2) is 0 Å². The van der Waals surface area contributed by atoms with Crippen molar-refractivity contribution >= 4 is 0 Å². The Kier molecular flexibility index (Phi) is 8.75. The van der Waals surface area contributed by atoms with Gasteiger partial charge in [0.1, 0.15) is 0 Å². The van der Waals surface area contributed by atoms with Crippen molar-refractivity contribution in [2.75, 3.05) is 13.2 Å². The topological polar surface area (TPSA) is 31.4 Å². The van der Waals surface area contributed by atoms with Crippen LogP contribution in [0.3, 0.4) is 0 Å². The smallest absolute Gasteiger partial charge is 0.352 e. The van der Waals surface area contributed by atoms with Crippen LogP contribution in [0.1, 0.15) is 17.7 Å². The number of hydrogen-bond acceptors (Lipinski definition) is 3. The summed E-state index contributed by atoms with van der Waals surface area (Å²) in [6.07, 6.45) is 18.8. The van der Waals surface area contributed by atoms with Crippen molar-refractivity contribution in [2.24, 2.45) is 0 Å². The van der Waals surface area contributed by atoms with E-state index in [9.17, 15) is 0 Å². The van der Waals surface area contributed by atoms with Crippen LogP contribution < -0.4 is 0 Å². The molecule has 3 aliphatic rings. The van der Waals surface area contributed by atoms with Gasteiger partial charge in [0.2, 0.25) is 0 Å². The summed E-state index contributed by atoms with van der Waals surface area (Å²) in [6, 6.07) is 4.05. The summed E-state index contributed by atoms with van der Waals surface area (Å²) in [6.45, 7) is 3.55. The standard InChI is InChI=1S/C15H16NO2.C5H5.Fe/c1-11-12(7-3-8-16-11)13-5-2-6-14(13)15-17-9-4-10-18-15;1-2-4-5-3-1;/h2-3,5-8,15H,4,9-10H2,1H3;1-5H;/q;;+2. The first kappa shape index (κ1) is 19.9. The molecule has 2 aliphatic carbocycles. The van der Waals surface area contributed by atoms with E-state index in [0.29, 0.717) is 0 Å². The van der Waals surface area contributed by atoms with Crippen molar-refractivity contribution in [1.29, 1.82) is 0 Å². The normalized spacial score (nSPS) is 22.7. The second-order valence-corrected chi connectivity index (χ2v) is 5.42. The average Bonchev–Trinajstić information content (AvgIpc) is 3.31. The first-order chi connectivity index (χ1) is 11.4. The van der Waals surface area contributed by atoms with E-state index in [1.54, 1.807) is 0 Å². The Labute approximate surface area is 157 Å². The molecule has 0 bridgehead atoms. The monoisotopic (exact) mass is 363 g/mol. The maximum atomic E-state index is 5.68. The zero-order valence-electron chi connectivity index (χ0n) is 13.7. The summed E-state index contributed by atoms with van der Waals surface area (Å²) in [7, 11) is 0. The number of aryl methyl sites for hydroxylation is 1. The van der Waals surface area contributed by atoms with E-state index < -0.39 is 0 Å². The molecule has 0 aromatic carbocycles. The van der Waals surface area contributed by atoms with Crippen molar-refractivity contribution in [3.63, 3.8) is 0 Å². The van der Waals surface area contributed by atoms with E-state index in [0.717, 1.165) is 42.7 Å². The summed E-state index contributed by atoms with van der Waals surface area (Å²) >= 11 is 0. The van der Waals surface area contributed by atoms with Gasteiger partial charge in [-0.2, -0.15) is 0 Å². The molecule has 124 valence electrons. The fourth-order valence-corrected chi connectivity index (χ4v) is 2.64. The van der Waals surface area contributed by atoms with Gasteiger partial charge in [-0.15, -0.1) is 0 Å². The van der Waals surface area contributed by atoms with Gasteiger partial charge < -0.3 is 9.47 Å². The summed E-state index contributed by atoms with van der Waals surface area (Å²) in [5.41, 5.74) is 2.18. The molecule has 10 radical (unpaired) electrons. The van der Waals surface area contributed by atoms with Gasteiger partial charge in [-0.05, 0) is 76.3 Å². The van der Waals surface area contributed by atoms with Crippen molar-refractivity contribution in [3.8, 4) is 0 Å². The molecule has 24 heavy (non-hydrogen) atoms. The van der Waals surface area contributed by atoms with Crippen LogP contribution in [0, 0.1) is 70.1 Å². The van der Waals surface area contributed by atoms with E-state index in [1.807, 2.05) is 57.7 Å². The summed E-state index contributed by atoms with van der Waals surface area (Å²) in [4.78, 5) is 4.34. The molecule has 0 unspecified atom stereocenters. The van der Waals surface area contributed by atoms with Gasteiger partial charge in [-0.1, -0.05) is 6.07 Å². The predicted octanol–water partition coefficient (Wildman–Crippen LogP) is 3.30. The van der Waals surface area contributed by atoms with E-state index in [-0.39, 0.29) is 23.4 Å². The third-order valence-corrected chi connectivity index (χ3v) is 3.78. The Morgan fingerprint density at radius 2 is 1.62 bits per heavy atom. The fourth-order valence-electron chi connectivity index (χ4n) is 2.64. The minimum atomic E-state index is -0.233. The summed E-state index contributed by atoms with van der Waals surface area (Å²) < 4.78 is 11.4. The van der Waals surface area contributed by atoms with Crippen molar-refractivity contribution in [3.05, 3.63) is 92.8 Å². The molecule has 1 aromatic heterocycles. The SMILES string of the molecule is Cc1ncccc1[C]1[CH][CH][CH][C]1C1OCCCO1.[CH]1[CH][CH][CH][CH]1.[Fe+2]. The van der Waals surface area contributed by atoms with Crippen LogP contribution in [0.15, 0.2) is 18.3 Å². The van der Waals surface area contributed by atoms with E-state index in [4.69, 9.17) is 9.47 Å². The number of pyridine rings is 1. The van der Waals surface area contributed by atoms with Gasteiger partial charge in [0, 0.05) is 23.7 Å².